The lowest BCUT2D eigenvalue weighted by molar-refractivity contribution is -0.125. The van der Waals surface area contributed by atoms with Gasteiger partial charge in [-0.25, -0.2) is 9.78 Å². The van der Waals surface area contributed by atoms with Crippen LogP contribution in [0.5, 0.6) is 0 Å². The number of likely N-dealkylation sites (tertiary alicyclic amines) is 1. The van der Waals surface area contributed by atoms with Crippen LogP contribution in [0.15, 0.2) is 29.3 Å². The number of amides is 2. The first-order valence-corrected chi connectivity index (χ1v) is 12.5. The number of aromatic nitrogens is 1. The maximum Gasteiger partial charge on any atom is 0.410 e. The fourth-order valence-corrected chi connectivity index (χ4v) is 4.71. The van der Waals surface area contributed by atoms with E-state index < -0.39 is 23.7 Å². The zero-order valence-corrected chi connectivity index (χ0v) is 21.5. The van der Waals surface area contributed by atoms with Gasteiger partial charge in [-0.3, -0.25) is 14.6 Å². The summed E-state index contributed by atoms with van der Waals surface area (Å²) in [7, 11) is 1.59. The van der Waals surface area contributed by atoms with E-state index in [0.29, 0.717) is 43.3 Å². The van der Waals surface area contributed by atoms with Gasteiger partial charge in [0.15, 0.2) is 11.0 Å². The molecule has 1 aliphatic rings. The highest BCUT2D eigenvalue weighted by Gasteiger charge is 2.35. The van der Waals surface area contributed by atoms with Crippen molar-refractivity contribution in [2.45, 2.75) is 51.7 Å². The molecule has 2 heterocycles. The number of ketones is 1. The molecule has 0 spiro atoms. The Morgan fingerprint density at radius 1 is 1.31 bits per heavy atom. The maximum absolute atomic E-state index is 13.4. The molecule has 10 nitrogen and oxygen atoms in total. The molecular weight excluding hydrogens is 468 g/mol. The van der Waals surface area contributed by atoms with E-state index >= 15 is 0 Å². The van der Waals surface area contributed by atoms with Crippen molar-refractivity contribution in [3.63, 3.8) is 0 Å². The molecule has 0 bridgehead atoms. The largest absolute Gasteiger partial charge is 0.444 e. The Bertz CT molecular complexity index is 1060. The van der Waals surface area contributed by atoms with Gasteiger partial charge in [0.1, 0.15) is 5.60 Å². The molecule has 1 aromatic carbocycles. The van der Waals surface area contributed by atoms with Crippen molar-refractivity contribution in [2.24, 2.45) is 16.6 Å². The molecule has 0 radical (unpaired) electrons. The maximum atomic E-state index is 13.4. The Hall–Kier alpha value is -3.21. The van der Waals surface area contributed by atoms with Crippen LogP contribution in [0.4, 0.5) is 4.79 Å². The quantitative estimate of drug-likeness (QED) is 0.218. The van der Waals surface area contributed by atoms with Gasteiger partial charge in [-0.1, -0.05) is 12.1 Å². The minimum Gasteiger partial charge on any atom is -0.444 e. The first-order chi connectivity index (χ1) is 16.6. The number of hydrogen-bond donors (Lipinski definition) is 3. The fraction of sp³-hybridized carbons (Fsp3) is 0.542. The van der Waals surface area contributed by atoms with Crippen LogP contribution in [-0.4, -0.2) is 72.0 Å². The minimum atomic E-state index is -0.736. The third-order valence-electron chi connectivity index (χ3n) is 5.56. The Morgan fingerprint density at radius 2 is 2.06 bits per heavy atom. The Kier molecular flexibility index (Phi) is 8.66. The first kappa shape index (κ1) is 26.4. The minimum absolute atomic E-state index is 0.223. The zero-order valence-electron chi connectivity index (χ0n) is 20.7. The number of benzene rings is 1. The van der Waals surface area contributed by atoms with Crippen molar-refractivity contribution in [3.05, 3.63) is 29.3 Å². The van der Waals surface area contributed by atoms with Crippen molar-refractivity contribution in [3.8, 4) is 0 Å². The summed E-state index contributed by atoms with van der Waals surface area (Å²) in [6.07, 6.45) is 1.08. The number of nitrogens with zero attached hydrogens (tertiary/aromatic N) is 3. The van der Waals surface area contributed by atoms with E-state index in [9.17, 15) is 14.4 Å². The van der Waals surface area contributed by atoms with Crippen molar-refractivity contribution < 1.29 is 19.1 Å². The molecule has 0 aliphatic carbocycles. The molecule has 4 N–H and O–H groups in total. The smallest absolute Gasteiger partial charge is 0.410 e. The number of hydrogen-bond acceptors (Lipinski definition) is 7. The zero-order chi connectivity index (χ0) is 25.6. The predicted octanol–water partition coefficient (Wildman–Crippen LogP) is 2.54. The van der Waals surface area contributed by atoms with Crippen LogP contribution in [0.3, 0.4) is 0 Å². The van der Waals surface area contributed by atoms with Gasteiger partial charge in [0.2, 0.25) is 11.7 Å². The van der Waals surface area contributed by atoms with Gasteiger partial charge in [-0.05, 0) is 52.2 Å². The summed E-state index contributed by atoms with van der Waals surface area (Å²) in [6, 6.07) is 6.81. The van der Waals surface area contributed by atoms with Crippen molar-refractivity contribution in [2.75, 3.05) is 26.7 Å². The van der Waals surface area contributed by atoms with E-state index in [4.69, 9.17) is 10.5 Å². The third kappa shape index (κ3) is 7.38. The van der Waals surface area contributed by atoms with E-state index in [-0.39, 0.29) is 18.2 Å². The number of para-hydroxylation sites is 1. The number of ether oxygens (including phenoxy) is 1. The summed E-state index contributed by atoms with van der Waals surface area (Å²) in [6.45, 7) is 6.62. The molecule has 11 heteroatoms. The van der Waals surface area contributed by atoms with Gasteiger partial charge in [0.25, 0.3) is 0 Å². The molecule has 1 aromatic heterocycles. The number of carbonyl (C=O) groups excluding carboxylic acids is 3. The van der Waals surface area contributed by atoms with Gasteiger partial charge >= 0.3 is 6.09 Å². The molecule has 2 aromatic rings. The SMILES string of the molecule is CN=C(N)NCCC[C@H](NC(=O)[C@H]1CCN(C(=O)OC(C)(C)C)C1)C(=O)c1nc2ccccc2s1. The van der Waals surface area contributed by atoms with E-state index in [2.05, 4.69) is 20.6 Å². The second kappa shape index (κ2) is 11.5. The summed E-state index contributed by atoms with van der Waals surface area (Å²) < 4.78 is 6.33. The standard InChI is InChI=1S/C24H34N6O4S/c1-24(2,3)34-23(33)30-13-11-15(14-30)20(32)28-17(9-7-12-27-22(25)26-4)19(31)21-29-16-8-5-6-10-18(16)35-21/h5-6,8,10,15,17H,7,9,11-14H2,1-4H3,(H,28,32)(H3,25,26,27)/t15-,17-/m0/s1. The summed E-state index contributed by atoms with van der Waals surface area (Å²) in [5.74, 6) is -0.567. The summed E-state index contributed by atoms with van der Waals surface area (Å²) >= 11 is 1.31. The highest BCUT2D eigenvalue weighted by Crippen LogP contribution is 2.24. The summed E-state index contributed by atoms with van der Waals surface area (Å²) in [4.78, 5) is 48.7. The molecule has 1 saturated heterocycles. The number of carbonyl (C=O) groups is 3. The molecule has 0 saturated carbocycles. The molecule has 2 atom stereocenters. The van der Waals surface area contributed by atoms with Gasteiger partial charge < -0.3 is 26.0 Å². The molecule has 2 amide bonds. The lowest BCUT2D eigenvalue weighted by Crippen LogP contribution is -2.45. The average Bonchev–Trinajstić information content (AvgIpc) is 3.46. The predicted molar refractivity (Wildman–Crippen MR) is 137 cm³/mol. The first-order valence-electron chi connectivity index (χ1n) is 11.7. The second-order valence-electron chi connectivity index (χ2n) is 9.50. The lowest BCUT2D eigenvalue weighted by Gasteiger charge is -2.24. The van der Waals surface area contributed by atoms with E-state index in [1.165, 1.54) is 16.2 Å². The highest BCUT2D eigenvalue weighted by molar-refractivity contribution is 7.20. The number of thiazole rings is 1. The molecule has 3 rings (SSSR count). The monoisotopic (exact) mass is 502 g/mol. The summed E-state index contributed by atoms with van der Waals surface area (Å²) in [5.41, 5.74) is 5.82. The van der Waals surface area contributed by atoms with Crippen LogP contribution in [0.2, 0.25) is 0 Å². The normalized spacial score (nSPS) is 17.3. The van der Waals surface area contributed by atoms with Crippen LogP contribution in [0.25, 0.3) is 10.2 Å². The van der Waals surface area contributed by atoms with Crippen molar-refractivity contribution in [1.82, 2.24) is 20.5 Å². The molecule has 1 fully saturated rings. The number of nitrogens with one attached hydrogen (secondary N) is 2. The van der Waals surface area contributed by atoms with E-state index in [0.717, 1.165) is 10.2 Å². The molecule has 35 heavy (non-hydrogen) atoms. The molecule has 1 aliphatic heterocycles. The Labute approximate surface area is 209 Å². The number of guanidine groups is 1. The van der Waals surface area contributed by atoms with E-state index in [1.807, 2.05) is 24.3 Å². The highest BCUT2D eigenvalue weighted by atomic mass is 32.1. The Balaban J connectivity index is 1.67. The molecule has 190 valence electrons. The van der Waals surface area contributed by atoms with Crippen LogP contribution < -0.4 is 16.4 Å². The average molecular weight is 503 g/mol. The van der Waals surface area contributed by atoms with Crippen molar-refractivity contribution >= 4 is 45.3 Å². The van der Waals surface area contributed by atoms with Crippen LogP contribution >= 0.6 is 11.3 Å². The number of aliphatic imine (C=N–C) groups is 1. The van der Waals surface area contributed by atoms with Crippen LogP contribution in [0.1, 0.15) is 49.8 Å². The second-order valence-corrected chi connectivity index (χ2v) is 10.5. The van der Waals surface area contributed by atoms with Crippen molar-refractivity contribution in [1.29, 1.82) is 0 Å². The molecular formula is C24H34N6O4S. The lowest BCUT2D eigenvalue weighted by atomic mass is 10.0. The number of Topliss-reactive ketones (excluding diaryl/α,β-unsaturated/α-hetero) is 1. The third-order valence-corrected chi connectivity index (χ3v) is 6.62. The van der Waals surface area contributed by atoms with Gasteiger partial charge in [-0.2, -0.15) is 0 Å². The Morgan fingerprint density at radius 3 is 2.74 bits per heavy atom. The number of nitrogens with two attached hydrogens (primary N) is 1. The van der Waals surface area contributed by atoms with Gasteiger partial charge in [-0.15, -0.1) is 11.3 Å². The summed E-state index contributed by atoms with van der Waals surface area (Å²) in [5, 5.41) is 6.25. The number of rotatable bonds is 8. The van der Waals surface area contributed by atoms with Crippen LogP contribution in [0, 0.1) is 5.92 Å². The van der Waals surface area contributed by atoms with Gasteiger partial charge in [0, 0.05) is 26.7 Å². The number of fused-ring (bicyclic) bond motifs is 1. The van der Waals surface area contributed by atoms with E-state index in [1.54, 1.807) is 27.8 Å². The van der Waals surface area contributed by atoms with Gasteiger partial charge in [0.05, 0.1) is 22.2 Å². The fourth-order valence-electron chi connectivity index (χ4n) is 3.75. The molecule has 0 unspecified atom stereocenters. The topological polar surface area (TPSA) is 139 Å². The van der Waals surface area contributed by atoms with Crippen LogP contribution in [-0.2, 0) is 9.53 Å².